The lowest BCUT2D eigenvalue weighted by atomic mass is 10.2. The van der Waals surface area contributed by atoms with Crippen molar-refractivity contribution < 1.29 is 18.3 Å². The SMILES string of the molecule is O=C(/C=C/c1ccccc1OC(F)F)N1CCN(c2ccncc2)CC1. The zero-order chi connectivity index (χ0) is 18.4. The van der Waals surface area contributed by atoms with Crippen LogP contribution in [0.2, 0.25) is 0 Å². The van der Waals surface area contributed by atoms with Crippen LogP contribution in [0.4, 0.5) is 14.5 Å². The number of anilines is 1. The second-order valence-electron chi connectivity index (χ2n) is 5.77. The Bertz CT molecular complexity index is 760. The van der Waals surface area contributed by atoms with E-state index in [1.54, 1.807) is 35.5 Å². The van der Waals surface area contributed by atoms with Crippen LogP contribution in [0.3, 0.4) is 0 Å². The van der Waals surface area contributed by atoms with E-state index in [1.807, 2.05) is 12.1 Å². The van der Waals surface area contributed by atoms with Crippen molar-refractivity contribution in [3.8, 4) is 5.75 Å². The van der Waals surface area contributed by atoms with Crippen molar-refractivity contribution in [2.75, 3.05) is 31.1 Å². The highest BCUT2D eigenvalue weighted by Gasteiger charge is 2.19. The van der Waals surface area contributed by atoms with E-state index < -0.39 is 6.61 Å². The van der Waals surface area contributed by atoms with Crippen molar-refractivity contribution in [3.05, 3.63) is 60.4 Å². The summed E-state index contributed by atoms with van der Waals surface area (Å²) in [5, 5.41) is 0. The number of ether oxygens (including phenoxy) is 1. The summed E-state index contributed by atoms with van der Waals surface area (Å²) in [6.45, 7) is -0.244. The van der Waals surface area contributed by atoms with E-state index >= 15 is 0 Å². The molecule has 136 valence electrons. The summed E-state index contributed by atoms with van der Waals surface area (Å²) in [5.41, 5.74) is 1.53. The van der Waals surface area contributed by atoms with E-state index in [9.17, 15) is 13.6 Å². The molecule has 1 aromatic carbocycles. The number of para-hydroxylation sites is 1. The fourth-order valence-electron chi connectivity index (χ4n) is 2.83. The summed E-state index contributed by atoms with van der Waals surface area (Å²) in [6.07, 6.45) is 6.40. The third-order valence-corrected chi connectivity index (χ3v) is 4.16. The number of alkyl halides is 2. The van der Waals surface area contributed by atoms with Crippen molar-refractivity contribution >= 4 is 17.7 Å². The number of benzene rings is 1. The molecule has 1 aliphatic heterocycles. The predicted octanol–water partition coefficient (Wildman–Crippen LogP) is 3.05. The van der Waals surface area contributed by atoms with Crippen LogP contribution in [0.1, 0.15) is 5.56 Å². The van der Waals surface area contributed by atoms with Crippen LogP contribution in [0.15, 0.2) is 54.9 Å². The highest BCUT2D eigenvalue weighted by atomic mass is 19.3. The molecule has 5 nitrogen and oxygen atoms in total. The Hall–Kier alpha value is -2.96. The molecule has 2 heterocycles. The summed E-state index contributed by atoms with van der Waals surface area (Å²) in [5.74, 6) is -0.0970. The molecule has 0 aliphatic carbocycles. The van der Waals surface area contributed by atoms with Crippen molar-refractivity contribution in [1.82, 2.24) is 9.88 Å². The Morgan fingerprint density at radius 1 is 1.08 bits per heavy atom. The standard InChI is InChI=1S/C19H19F2N3O2/c20-19(21)26-17-4-2-1-3-15(17)5-6-18(25)24-13-11-23(12-14-24)16-7-9-22-10-8-16/h1-10,19H,11-14H2/b6-5+. The minimum absolute atomic E-state index is 0.0501. The number of nitrogens with zero attached hydrogens (tertiary/aromatic N) is 3. The van der Waals surface area contributed by atoms with Crippen LogP contribution in [-0.4, -0.2) is 48.6 Å². The van der Waals surface area contributed by atoms with Crippen molar-refractivity contribution in [3.63, 3.8) is 0 Å². The molecule has 0 atom stereocenters. The minimum Gasteiger partial charge on any atom is -0.434 e. The third kappa shape index (κ3) is 4.56. The number of rotatable bonds is 5. The zero-order valence-corrected chi connectivity index (χ0v) is 14.1. The van der Waals surface area contributed by atoms with Crippen LogP contribution >= 0.6 is 0 Å². The van der Waals surface area contributed by atoms with Gasteiger partial charge in [-0.1, -0.05) is 18.2 Å². The molecule has 1 saturated heterocycles. The monoisotopic (exact) mass is 359 g/mol. The van der Waals surface area contributed by atoms with E-state index in [-0.39, 0.29) is 11.7 Å². The van der Waals surface area contributed by atoms with Gasteiger partial charge < -0.3 is 14.5 Å². The summed E-state index contributed by atoms with van der Waals surface area (Å²) in [4.78, 5) is 20.3. The van der Waals surface area contributed by atoms with Gasteiger partial charge in [-0.3, -0.25) is 9.78 Å². The van der Waals surface area contributed by atoms with Gasteiger partial charge in [-0.2, -0.15) is 8.78 Å². The molecule has 3 rings (SSSR count). The molecule has 26 heavy (non-hydrogen) atoms. The molecule has 1 fully saturated rings. The highest BCUT2D eigenvalue weighted by molar-refractivity contribution is 5.92. The normalized spacial score (nSPS) is 14.9. The van der Waals surface area contributed by atoms with Gasteiger partial charge >= 0.3 is 6.61 Å². The number of hydrogen-bond acceptors (Lipinski definition) is 4. The Balaban J connectivity index is 1.59. The van der Waals surface area contributed by atoms with E-state index in [4.69, 9.17) is 0 Å². The number of piperazine rings is 1. The number of amides is 1. The number of carbonyl (C=O) groups is 1. The fraction of sp³-hybridized carbons (Fsp3) is 0.263. The van der Waals surface area contributed by atoms with Crippen LogP contribution in [0.5, 0.6) is 5.75 Å². The molecule has 0 N–H and O–H groups in total. The van der Waals surface area contributed by atoms with Crippen LogP contribution in [-0.2, 0) is 4.79 Å². The van der Waals surface area contributed by atoms with Gasteiger partial charge in [0.1, 0.15) is 5.75 Å². The lowest BCUT2D eigenvalue weighted by molar-refractivity contribution is -0.126. The Labute approximate surface area is 150 Å². The first-order valence-electron chi connectivity index (χ1n) is 8.29. The molecule has 1 amide bonds. The average Bonchev–Trinajstić information content (AvgIpc) is 2.67. The first kappa shape index (κ1) is 17.8. The van der Waals surface area contributed by atoms with Gasteiger partial charge in [0.15, 0.2) is 0 Å². The van der Waals surface area contributed by atoms with Gasteiger partial charge in [-0.25, -0.2) is 0 Å². The molecule has 1 aromatic heterocycles. The molecule has 7 heteroatoms. The van der Waals surface area contributed by atoms with E-state index in [0.29, 0.717) is 18.7 Å². The van der Waals surface area contributed by atoms with E-state index in [0.717, 1.165) is 18.8 Å². The Kier molecular flexibility index (Phi) is 5.78. The van der Waals surface area contributed by atoms with Crippen LogP contribution in [0.25, 0.3) is 6.08 Å². The fourth-order valence-corrected chi connectivity index (χ4v) is 2.83. The third-order valence-electron chi connectivity index (χ3n) is 4.16. The zero-order valence-electron chi connectivity index (χ0n) is 14.1. The molecule has 0 saturated carbocycles. The summed E-state index contributed by atoms with van der Waals surface area (Å²) < 4.78 is 29.3. The molecule has 2 aromatic rings. The maximum atomic E-state index is 12.4. The predicted molar refractivity (Wildman–Crippen MR) is 95.1 cm³/mol. The molecule has 0 spiro atoms. The first-order valence-corrected chi connectivity index (χ1v) is 8.29. The Morgan fingerprint density at radius 2 is 1.77 bits per heavy atom. The van der Waals surface area contributed by atoms with E-state index in [1.165, 1.54) is 18.2 Å². The Morgan fingerprint density at radius 3 is 2.46 bits per heavy atom. The van der Waals surface area contributed by atoms with Gasteiger partial charge in [0.2, 0.25) is 5.91 Å². The van der Waals surface area contributed by atoms with Gasteiger partial charge in [0, 0.05) is 55.9 Å². The molecular weight excluding hydrogens is 340 g/mol. The summed E-state index contributed by atoms with van der Waals surface area (Å²) >= 11 is 0. The number of pyridine rings is 1. The molecular formula is C19H19F2N3O2. The van der Waals surface area contributed by atoms with Crippen LogP contribution < -0.4 is 9.64 Å². The number of halogens is 2. The number of carbonyl (C=O) groups excluding carboxylic acids is 1. The van der Waals surface area contributed by atoms with Gasteiger partial charge in [0.25, 0.3) is 0 Å². The molecule has 0 radical (unpaired) electrons. The van der Waals surface area contributed by atoms with Gasteiger partial charge in [-0.15, -0.1) is 0 Å². The van der Waals surface area contributed by atoms with E-state index in [2.05, 4.69) is 14.6 Å². The highest BCUT2D eigenvalue weighted by Crippen LogP contribution is 2.22. The number of aromatic nitrogens is 1. The smallest absolute Gasteiger partial charge is 0.387 e. The topological polar surface area (TPSA) is 45.7 Å². The largest absolute Gasteiger partial charge is 0.434 e. The van der Waals surface area contributed by atoms with Gasteiger partial charge in [0.05, 0.1) is 0 Å². The molecule has 1 aliphatic rings. The second kappa shape index (κ2) is 8.42. The maximum Gasteiger partial charge on any atom is 0.387 e. The van der Waals surface area contributed by atoms with Crippen molar-refractivity contribution in [2.24, 2.45) is 0 Å². The number of hydrogen-bond donors (Lipinski definition) is 0. The van der Waals surface area contributed by atoms with Crippen LogP contribution in [0, 0.1) is 0 Å². The molecule has 0 unspecified atom stereocenters. The van der Waals surface area contributed by atoms with Crippen molar-refractivity contribution in [2.45, 2.75) is 6.61 Å². The first-order chi connectivity index (χ1) is 12.6. The average molecular weight is 359 g/mol. The second-order valence-corrected chi connectivity index (χ2v) is 5.77. The summed E-state index contributed by atoms with van der Waals surface area (Å²) in [6, 6.07) is 10.3. The lowest BCUT2D eigenvalue weighted by Gasteiger charge is -2.35. The minimum atomic E-state index is -2.90. The summed E-state index contributed by atoms with van der Waals surface area (Å²) in [7, 11) is 0. The lowest BCUT2D eigenvalue weighted by Crippen LogP contribution is -2.48. The van der Waals surface area contributed by atoms with Crippen molar-refractivity contribution in [1.29, 1.82) is 0 Å². The quantitative estimate of drug-likeness (QED) is 0.770. The van der Waals surface area contributed by atoms with Gasteiger partial charge in [-0.05, 0) is 24.3 Å². The molecule has 0 bridgehead atoms. The maximum absolute atomic E-state index is 12.4.